The van der Waals surface area contributed by atoms with Crippen LogP contribution in [0.3, 0.4) is 0 Å². The summed E-state index contributed by atoms with van der Waals surface area (Å²) in [6.07, 6.45) is 0. The summed E-state index contributed by atoms with van der Waals surface area (Å²) in [5, 5.41) is 7.84. The maximum Gasteiger partial charge on any atom is 0.237 e. The number of nitrogens with zero attached hydrogens (tertiary/aromatic N) is 4. The molecule has 0 spiro atoms. The van der Waals surface area contributed by atoms with Gasteiger partial charge in [-0.3, -0.25) is 4.79 Å². The van der Waals surface area contributed by atoms with Crippen molar-refractivity contribution in [3.05, 3.63) is 143 Å². The summed E-state index contributed by atoms with van der Waals surface area (Å²) < 4.78 is 17.3. The molecule has 1 N–H and O–H groups in total. The van der Waals surface area contributed by atoms with E-state index in [0.717, 1.165) is 33.4 Å². The Kier molecular flexibility index (Phi) is 6.47. The first-order chi connectivity index (χ1) is 19.1. The fourth-order valence-electron chi connectivity index (χ4n) is 4.88. The Morgan fingerprint density at radius 2 is 1.46 bits per heavy atom. The third-order valence-corrected chi connectivity index (χ3v) is 6.69. The molecule has 0 saturated carbocycles. The van der Waals surface area contributed by atoms with Crippen LogP contribution in [-0.2, 0) is 11.3 Å². The number of amides is 1. The van der Waals surface area contributed by atoms with Crippen LogP contribution < -0.4 is 5.32 Å². The summed E-state index contributed by atoms with van der Waals surface area (Å²) in [5.41, 5.74) is 5.16. The van der Waals surface area contributed by atoms with Crippen LogP contribution in [0.15, 0.2) is 115 Å². The maximum absolute atomic E-state index is 13.9. The molecule has 6 aromatic rings. The van der Waals surface area contributed by atoms with E-state index in [1.54, 1.807) is 16.8 Å². The van der Waals surface area contributed by atoms with E-state index in [4.69, 9.17) is 10.1 Å². The number of fused-ring (bicyclic) bond motifs is 1. The molecule has 2 heterocycles. The van der Waals surface area contributed by atoms with Gasteiger partial charge < -0.3 is 9.88 Å². The van der Waals surface area contributed by atoms with E-state index in [2.05, 4.69) is 5.32 Å². The van der Waals surface area contributed by atoms with Gasteiger partial charge in [-0.05, 0) is 47.9 Å². The minimum Gasteiger partial charge on any atom is -0.310 e. The van der Waals surface area contributed by atoms with E-state index in [0.29, 0.717) is 18.3 Å². The lowest BCUT2D eigenvalue weighted by Crippen LogP contribution is -2.24. The minimum absolute atomic E-state index is 0.172. The van der Waals surface area contributed by atoms with Gasteiger partial charge in [0, 0.05) is 6.07 Å². The highest BCUT2D eigenvalue weighted by atomic mass is 19.1. The molecule has 0 aliphatic rings. The molecule has 6 rings (SSSR count). The molecule has 0 aliphatic carbocycles. The number of hydrogen-bond donors (Lipinski definition) is 1. The van der Waals surface area contributed by atoms with E-state index in [1.165, 1.54) is 12.1 Å². The van der Waals surface area contributed by atoms with Crippen LogP contribution >= 0.6 is 0 Å². The average molecular weight is 516 g/mol. The van der Waals surface area contributed by atoms with Crippen molar-refractivity contribution in [1.82, 2.24) is 19.3 Å². The summed E-state index contributed by atoms with van der Waals surface area (Å²) in [6, 6.07) is 35.5. The summed E-state index contributed by atoms with van der Waals surface area (Å²) in [6.45, 7) is 2.34. The van der Waals surface area contributed by atoms with Gasteiger partial charge in [-0.1, -0.05) is 84.9 Å². The topological polar surface area (TPSA) is 64.7 Å². The van der Waals surface area contributed by atoms with Crippen molar-refractivity contribution < 1.29 is 9.18 Å². The number of hydrogen-bond acceptors (Lipinski definition) is 3. The Bertz CT molecular complexity index is 1700. The highest BCUT2D eigenvalue weighted by molar-refractivity contribution is 5.97. The number of para-hydroxylation sites is 2. The molecule has 0 unspecified atom stereocenters. The zero-order chi connectivity index (χ0) is 26.8. The molecule has 39 heavy (non-hydrogen) atoms. The number of benzene rings is 4. The smallest absolute Gasteiger partial charge is 0.237 e. The zero-order valence-electron chi connectivity index (χ0n) is 21.3. The van der Waals surface area contributed by atoms with E-state index in [1.807, 2.05) is 102 Å². The minimum atomic E-state index is -0.505. The van der Waals surface area contributed by atoms with E-state index >= 15 is 0 Å². The van der Waals surface area contributed by atoms with Crippen molar-refractivity contribution in [3.8, 4) is 5.95 Å². The van der Waals surface area contributed by atoms with Crippen LogP contribution in [0.4, 0.5) is 10.2 Å². The van der Waals surface area contributed by atoms with E-state index < -0.39 is 5.92 Å². The predicted octanol–water partition coefficient (Wildman–Crippen LogP) is 6.49. The highest BCUT2D eigenvalue weighted by Crippen LogP contribution is 2.28. The van der Waals surface area contributed by atoms with Crippen LogP contribution in [0, 0.1) is 12.7 Å². The van der Waals surface area contributed by atoms with Gasteiger partial charge in [-0.2, -0.15) is 9.78 Å². The lowest BCUT2D eigenvalue weighted by Gasteiger charge is -2.18. The summed E-state index contributed by atoms with van der Waals surface area (Å²) >= 11 is 0. The van der Waals surface area contributed by atoms with E-state index in [9.17, 15) is 9.18 Å². The standard InChI is InChI=1S/C32H26FN5O/c1-22-20-29(35-31(39)30(24-10-4-2-5-11-24)25-12-6-3-7-13-25)38(36-22)32-34-27-14-8-9-15-28(27)37(32)21-23-16-18-26(33)19-17-23/h2-20,30H,21H2,1H3,(H,35,39). The number of nitrogens with one attached hydrogen (secondary N) is 1. The van der Waals surface area contributed by atoms with Gasteiger partial charge in [0.2, 0.25) is 11.9 Å². The number of carbonyl (C=O) groups excluding carboxylic acids is 1. The number of anilines is 1. The Balaban J connectivity index is 1.41. The summed E-state index contributed by atoms with van der Waals surface area (Å²) in [5.74, 6) is 0.113. The fourth-order valence-corrected chi connectivity index (χ4v) is 4.88. The van der Waals surface area contributed by atoms with Crippen molar-refractivity contribution in [2.24, 2.45) is 0 Å². The first-order valence-electron chi connectivity index (χ1n) is 12.7. The molecule has 0 atom stereocenters. The van der Waals surface area contributed by atoms with Crippen LogP contribution in [0.5, 0.6) is 0 Å². The summed E-state index contributed by atoms with van der Waals surface area (Å²) in [4.78, 5) is 18.7. The average Bonchev–Trinajstić information content (AvgIpc) is 3.50. The number of imidazole rings is 1. The lowest BCUT2D eigenvalue weighted by atomic mass is 9.90. The molecular weight excluding hydrogens is 489 g/mol. The maximum atomic E-state index is 13.9. The Labute approximate surface area is 225 Å². The highest BCUT2D eigenvalue weighted by Gasteiger charge is 2.25. The largest absolute Gasteiger partial charge is 0.310 e. The third kappa shape index (κ3) is 4.94. The molecule has 0 radical (unpaired) electrons. The van der Waals surface area contributed by atoms with Crippen LogP contribution in [0.25, 0.3) is 17.0 Å². The molecule has 0 fully saturated rings. The monoisotopic (exact) mass is 515 g/mol. The van der Waals surface area contributed by atoms with Crippen LogP contribution in [-0.4, -0.2) is 25.2 Å². The van der Waals surface area contributed by atoms with Gasteiger partial charge >= 0.3 is 0 Å². The number of aromatic nitrogens is 4. The molecule has 6 nitrogen and oxygen atoms in total. The second-order valence-electron chi connectivity index (χ2n) is 9.44. The molecule has 0 saturated heterocycles. The quantitative estimate of drug-likeness (QED) is 0.264. The predicted molar refractivity (Wildman–Crippen MR) is 150 cm³/mol. The lowest BCUT2D eigenvalue weighted by molar-refractivity contribution is -0.116. The van der Waals surface area contributed by atoms with Crippen molar-refractivity contribution >= 4 is 22.8 Å². The number of carbonyl (C=O) groups is 1. The molecule has 1 amide bonds. The van der Waals surface area contributed by atoms with Crippen molar-refractivity contribution in [2.45, 2.75) is 19.4 Å². The number of halogens is 1. The normalized spacial score (nSPS) is 11.3. The summed E-state index contributed by atoms with van der Waals surface area (Å²) in [7, 11) is 0. The number of aryl methyl sites for hydroxylation is 1. The molecule has 7 heteroatoms. The Morgan fingerprint density at radius 1 is 0.846 bits per heavy atom. The van der Waals surface area contributed by atoms with E-state index in [-0.39, 0.29) is 11.7 Å². The van der Waals surface area contributed by atoms with Gasteiger partial charge in [0.15, 0.2) is 0 Å². The van der Waals surface area contributed by atoms with Crippen LogP contribution in [0.2, 0.25) is 0 Å². The molecule has 192 valence electrons. The zero-order valence-corrected chi connectivity index (χ0v) is 21.3. The second kappa shape index (κ2) is 10.4. The van der Waals surface area contributed by atoms with Crippen LogP contribution in [0.1, 0.15) is 28.3 Å². The van der Waals surface area contributed by atoms with Gasteiger partial charge in [0.05, 0.1) is 29.2 Å². The van der Waals surface area contributed by atoms with Gasteiger partial charge in [0.1, 0.15) is 11.6 Å². The van der Waals surface area contributed by atoms with Crippen molar-refractivity contribution in [2.75, 3.05) is 5.32 Å². The number of rotatable bonds is 7. The third-order valence-electron chi connectivity index (χ3n) is 6.69. The van der Waals surface area contributed by atoms with Gasteiger partial charge in [-0.25, -0.2) is 9.37 Å². The van der Waals surface area contributed by atoms with Gasteiger partial charge in [0.25, 0.3) is 0 Å². The van der Waals surface area contributed by atoms with Crippen molar-refractivity contribution in [3.63, 3.8) is 0 Å². The fraction of sp³-hybridized carbons (Fsp3) is 0.0938. The molecule has 4 aromatic carbocycles. The molecule has 2 aromatic heterocycles. The van der Waals surface area contributed by atoms with Gasteiger partial charge in [-0.15, -0.1) is 0 Å². The molecule has 0 aliphatic heterocycles. The second-order valence-corrected chi connectivity index (χ2v) is 9.44. The Hall–Kier alpha value is -5.04. The first-order valence-corrected chi connectivity index (χ1v) is 12.7. The Morgan fingerprint density at radius 3 is 2.13 bits per heavy atom. The molecule has 0 bridgehead atoms. The first kappa shape index (κ1) is 24.3. The SMILES string of the molecule is Cc1cc(NC(=O)C(c2ccccc2)c2ccccc2)n(-c2nc3ccccc3n2Cc2ccc(F)cc2)n1. The molecular formula is C32H26FN5O. The van der Waals surface area contributed by atoms with Crippen molar-refractivity contribution in [1.29, 1.82) is 0 Å².